The number of hydrogen-bond acceptors (Lipinski definition) is 4. The quantitative estimate of drug-likeness (QED) is 0.701. The van der Waals surface area contributed by atoms with Crippen LogP contribution >= 0.6 is 23.5 Å². The summed E-state index contributed by atoms with van der Waals surface area (Å²) in [7, 11) is 4.30. The molecule has 0 atom stereocenters. The summed E-state index contributed by atoms with van der Waals surface area (Å²) in [5, 5.41) is 2.63. The van der Waals surface area contributed by atoms with Crippen LogP contribution in [0.15, 0.2) is 68.4 Å². The average Bonchev–Trinajstić information content (AvgIpc) is 2.98. The van der Waals surface area contributed by atoms with Gasteiger partial charge in [-0.2, -0.15) is 0 Å². The molecule has 2 aromatic rings. The molecule has 0 bridgehead atoms. The second-order valence-corrected chi connectivity index (χ2v) is 6.93. The Morgan fingerprint density at radius 3 is 1.45 bits per heavy atom. The highest BCUT2D eigenvalue weighted by Crippen LogP contribution is 2.53. The van der Waals surface area contributed by atoms with E-state index in [1.54, 1.807) is 0 Å². The van der Waals surface area contributed by atoms with Crippen molar-refractivity contribution in [2.24, 2.45) is 0 Å². The average molecular weight is 298 g/mol. The Balaban J connectivity index is 1.80. The van der Waals surface area contributed by atoms with Crippen molar-refractivity contribution in [2.45, 2.75) is 9.79 Å². The first-order valence-electron chi connectivity index (χ1n) is 6.51. The van der Waals surface area contributed by atoms with E-state index in [2.05, 4.69) is 72.4 Å². The van der Waals surface area contributed by atoms with Gasteiger partial charge >= 0.3 is 0 Å². The van der Waals surface area contributed by atoms with Crippen LogP contribution in [0, 0.1) is 0 Å². The monoisotopic (exact) mass is 298 g/mol. The molecule has 2 aromatic carbocycles. The van der Waals surface area contributed by atoms with Crippen LogP contribution in [0.5, 0.6) is 0 Å². The molecule has 2 aliphatic rings. The number of anilines is 2. The lowest BCUT2D eigenvalue weighted by Gasteiger charge is -2.20. The topological polar surface area (TPSA) is 6.48 Å². The van der Waals surface area contributed by atoms with E-state index in [4.69, 9.17) is 0 Å². The van der Waals surface area contributed by atoms with Gasteiger partial charge in [0.2, 0.25) is 0 Å². The standard InChI is InChI=1S/C16H14N2S2/c1-17-11-7-3-5-9-13(11)19-15(17)16-18(2)12-8-4-6-10-14(12)20-16/h3-10H,1-2H3/b16-15-. The summed E-state index contributed by atoms with van der Waals surface area (Å²) in [5.74, 6) is 0. The molecular formula is C16H14N2S2. The molecule has 0 radical (unpaired) electrons. The van der Waals surface area contributed by atoms with Crippen LogP contribution in [0.2, 0.25) is 0 Å². The summed E-state index contributed by atoms with van der Waals surface area (Å²) in [6.07, 6.45) is 0. The fraction of sp³-hybridized carbons (Fsp3) is 0.125. The van der Waals surface area contributed by atoms with Crippen LogP contribution < -0.4 is 9.80 Å². The Morgan fingerprint density at radius 2 is 1.05 bits per heavy atom. The molecule has 0 spiro atoms. The van der Waals surface area contributed by atoms with Crippen LogP contribution in [0.4, 0.5) is 11.4 Å². The number of hydrogen-bond donors (Lipinski definition) is 0. The first-order valence-corrected chi connectivity index (χ1v) is 8.14. The van der Waals surface area contributed by atoms with Gasteiger partial charge in [-0.3, -0.25) is 0 Å². The van der Waals surface area contributed by atoms with E-state index < -0.39 is 0 Å². The highest BCUT2D eigenvalue weighted by Gasteiger charge is 2.31. The van der Waals surface area contributed by atoms with E-state index >= 15 is 0 Å². The molecule has 2 heterocycles. The summed E-state index contributed by atoms with van der Waals surface area (Å²) in [6.45, 7) is 0. The molecule has 0 amide bonds. The number of para-hydroxylation sites is 2. The zero-order chi connectivity index (χ0) is 13.7. The molecule has 0 unspecified atom stereocenters. The molecular weight excluding hydrogens is 284 g/mol. The third kappa shape index (κ3) is 1.68. The lowest BCUT2D eigenvalue weighted by atomic mass is 10.3. The third-order valence-corrected chi connectivity index (χ3v) is 6.24. The molecule has 4 heteroatoms. The van der Waals surface area contributed by atoms with E-state index in [1.165, 1.54) is 31.2 Å². The van der Waals surface area contributed by atoms with Crippen LogP contribution in [-0.2, 0) is 0 Å². The Bertz CT molecular complexity index is 662. The summed E-state index contributed by atoms with van der Waals surface area (Å²) in [5.41, 5.74) is 2.59. The zero-order valence-corrected chi connectivity index (χ0v) is 13.0. The van der Waals surface area contributed by atoms with Crippen LogP contribution in [-0.4, -0.2) is 14.1 Å². The van der Waals surface area contributed by atoms with Crippen molar-refractivity contribution in [2.75, 3.05) is 23.9 Å². The predicted octanol–water partition coefficient (Wildman–Crippen LogP) is 4.60. The maximum absolute atomic E-state index is 2.30. The smallest absolute Gasteiger partial charge is 0.111 e. The molecule has 0 aromatic heterocycles. The maximum Gasteiger partial charge on any atom is 0.111 e. The number of nitrogens with zero attached hydrogens (tertiary/aromatic N) is 2. The highest BCUT2D eigenvalue weighted by molar-refractivity contribution is 8.07. The third-order valence-electron chi connectivity index (χ3n) is 3.66. The summed E-state index contributed by atoms with van der Waals surface area (Å²) >= 11 is 3.72. The number of thioether (sulfide) groups is 2. The summed E-state index contributed by atoms with van der Waals surface area (Å²) < 4.78 is 0. The second kappa shape index (κ2) is 4.50. The minimum Gasteiger partial charge on any atom is -0.336 e. The van der Waals surface area contributed by atoms with Crippen molar-refractivity contribution in [1.29, 1.82) is 0 Å². The summed E-state index contributed by atoms with van der Waals surface area (Å²) in [4.78, 5) is 7.26. The minimum atomic E-state index is 1.30. The van der Waals surface area contributed by atoms with Gasteiger partial charge in [-0.1, -0.05) is 47.8 Å². The zero-order valence-electron chi connectivity index (χ0n) is 11.3. The van der Waals surface area contributed by atoms with Gasteiger partial charge in [0.25, 0.3) is 0 Å². The Labute approximate surface area is 127 Å². The van der Waals surface area contributed by atoms with Crippen LogP contribution in [0.3, 0.4) is 0 Å². The largest absolute Gasteiger partial charge is 0.336 e. The lowest BCUT2D eigenvalue weighted by molar-refractivity contribution is 1.11. The highest BCUT2D eigenvalue weighted by atomic mass is 32.2. The summed E-state index contributed by atoms with van der Waals surface area (Å²) in [6, 6.07) is 17.2. The Hall–Kier alpha value is -1.52. The molecule has 0 N–H and O–H groups in total. The maximum atomic E-state index is 2.30. The van der Waals surface area contributed by atoms with Gasteiger partial charge in [0.15, 0.2) is 0 Å². The molecule has 0 saturated heterocycles. The van der Waals surface area contributed by atoms with Crippen molar-refractivity contribution < 1.29 is 0 Å². The SMILES string of the molecule is CN1/C(=C2/Sc3ccccc3N2C)Sc2ccccc21. The van der Waals surface area contributed by atoms with Gasteiger partial charge in [-0.25, -0.2) is 0 Å². The van der Waals surface area contributed by atoms with Crippen molar-refractivity contribution >= 4 is 34.9 Å². The number of fused-ring (bicyclic) bond motifs is 2. The molecule has 2 nitrogen and oxygen atoms in total. The minimum absolute atomic E-state index is 1.30. The van der Waals surface area contributed by atoms with E-state index in [0.29, 0.717) is 0 Å². The van der Waals surface area contributed by atoms with Gasteiger partial charge in [-0.05, 0) is 24.3 Å². The molecule has 0 fully saturated rings. The second-order valence-electron chi connectivity index (χ2n) is 4.87. The molecule has 0 aliphatic carbocycles. The molecule has 20 heavy (non-hydrogen) atoms. The van der Waals surface area contributed by atoms with Gasteiger partial charge in [0.1, 0.15) is 10.1 Å². The van der Waals surface area contributed by atoms with E-state index in [0.717, 1.165) is 0 Å². The van der Waals surface area contributed by atoms with Gasteiger partial charge in [-0.15, -0.1) is 0 Å². The fourth-order valence-electron chi connectivity index (χ4n) is 2.58. The molecule has 100 valence electrons. The van der Waals surface area contributed by atoms with E-state index in [9.17, 15) is 0 Å². The van der Waals surface area contributed by atoms with Gasteiger partial charge in [0, 0.05) is 23.9 Å². The van der Waals surface area contributed by atoms with Crippen LogP contribution in [0.25, 0.3) is 0 Å². The van der Waals surface area contributed by atoms with E-state index in [-0.39, 0.29) is 0 Å². The van der Waals surface area contributed by atoms with Gasteiger partial charge in [0.05, 0.1) is 11.4 Å². The first kappa shape index (κ1) is 12.2. The van der Waals surface area contributed by atoms with Crippen molar-refractivity contribution in [3.63, 3.8) is 0 Å². The fourth-order valence-corrected chi connectivity index (χ4v) is 5.08. The number of rotatable bonds is 0. The lowest BCUT2D eigenvalue weighted by Crippen LogP contribution is -2.18. The van der Waals surface area contributed by atoms with Gasteiger partial charge < -0.3 is 9.80 Å². The Morgan fingerprint density at radius 1 is 0.650 bits per heavy atom. The first-order chi connectivity index (χ1) is 9.75. The molecule has 0 saturated carbocycles. The molecule has 2 aliphatic heterocycles. The predicted molar refractivity (Wildman–Crippen MR) is 88.4 cm³/mol. The molecule has 4 rings (SSSR count). The van der Waals surface area contributed by atoms with Crippen molar-refractivity contribution in [1.82, 2.24) is 0 Å². The van der Waals surface area contributed by atoms with Crippen molar-refractivity contribution in [3.05, 3.63) is 58.6 Å². The van der Waals surface area contributed by atoms with Crippen LogP contribution in [0.1, 0.15) is 0 Å². The normalized spacial score (nSPS) is 20.3. The Kier molecular flexibility index (Phi) is 2.75. The van der Waals surface area contributed by atoms with E-state index in [1.807, 2.05) is 23.5 Å². The van der Waals surface area contributed by atoms with Crippen molar-refractivity contribution in [3.8, 4) is 0 Å². The number of benzene rings is 2.